The Morgan fingerprint density at radius 1 is 0.509 bits per heavy atom. The van der Waals surface area contributed by atoms with Gasteiger partial charge < -0.3 is 52.6 Å². The van der Waals surface area contributed by atoms with Gasteiger partial charge in [0.1, 0.15) is 6.10 Å². The van der Waals surface area contributed by atoms with Crippen molar-refractivity contribution in [2.45, 2.75) is 74.1 Å². The summed E-state index contributed by atoms with van der Waals surface area (Å²) in [4.78, 5) is 7.33. The van der Waals surface area contributed by atoms with Gasteiger partial charge in [0.15, 0.2) is 0 Å². The summed E-state index contributed by atoms with van der Waals surface area (Å²) in [6.07, 6.45) is 4.63. The van der Waals surface area contributed by atoms with Crippen molar-refractivity contribution in [3.05, 3.63) is 101 Å². The van der Waals surface area contributed by atoms with Crippen LogP contribution in [0.25, 0.3) is 0 Å². The first-order valence-electron chi connectivity index (χ1n) is 20.3. The summed E-state index contributed by atoms with van der Waals surface area (Å²) in [6, 6.07) is 23.0. The highest BCUT2D eigenvalue weighted by Gasteiger charge is 2.38. The van der Waals surface area contributed by atoms with Gasteiger partial charge in [-0.2, -0.15) is 0 Å². The van der Waals surface area contributed by atoms with E-state index in [-0.39, 0.29) is 36.6 Å². The molecule has 3 aromatic rings. The molecular weight excluding hydrogens is 698 g/mol. The van der Waals surface area contributed by atoms with Gasteiger partial charge in [0, 0.05) is 61.7 Å². The molecule has 0 radical (unpaired) electrons. The summed E-state index contributed by atoms with van der Waals surface area (Å²) in [7, 11) is 0. The fourth-order valence-corrected chi connectivity index (χ4v) is 8.23. The van der Waals surface area contributed by atoms with E-state index in [0.29, 0.717) is 18.3 Å². The summed E-state index contributed by atoms with van der Waals surface area (Å²) in [5.41, 5.74) is 11.2. The average molecular weight is 750 g/mol. The van der Waals surface area contributed by atoms with Gasteiger partial charge in [0.2, 0.25) is 0 Å². The van der Waals surface area contributed by atoms with E-state index in [1.807, 2.05) is 0 Å². The van der Waals surface area contributed by atoms with E-state index in [1.165, 1.54) is 39.2 Å². The lowest BCUT2D eigenvalue weighted by Gasteiger charge is -2.37. The van der Waals surface area contributed by atoms with E-state index in [4.69, 9.17) is 37.9 Å². The maximum atomic E-state index is 6.02. The minimum atomic E-state index is -0.0732. The second-order valence-electron chi connectivity index (χ2n) is 16.6. The van der Waals surface area contributed by atoms with Crippen LogP contribution in [0.15, 0.2) is 72.9 Å². The number of hydrogen-bond acceptors (Lipinski definition) is 11. The first-order valence-corrected chi connectivity index (χ1v) is 20.3. The average Bonchev–Trinajstić information content (AvgIpc) is 4.01. The molecule has 8 aliphatic heterocycles. The number of benzene rings is 3. The Hall–Kier alpha value is -3.52. The van der Waals surface area contributed by atoms with Crippen LogP contribution in [0.3, 0.4) is 0 Å². The number of nitrogens with zero attached hydrogens (tertiary/aromatic N) is 3. The molecular formula is C44H51N3O8. The van der Waals surface area contributed by atoms with Crippen molar-refractivity contribution in [3.8, 4) is 0 Å². The van der Waals surface area contributed by atoms with Crippen LogP contribution in [0.2, 0.25) is 0 Å². The van der Waals surface area contributed by atoms with Crippen molar-refractivity contribution in [2.24, 2.45) is 0 Å². The van der Waals surface area contributed by atoms with Crippen molar-refractivity contribution >= 4 is 17.1 Å². The monoisotopic (exact) mass is 749 g/mol. The molecule has 0 saturated carbocycles. The van der Waals surface area contributed by atoms with Crippen LogP contribution in [0.1, 0.15) is 33.9 Å². The van der Waals surface area contributed by atoms with Gasteiger partial charge in [-0.25, -0.2) is 0 Å². The molecule has 0 spiro atoms. The molecule has 11 heteroatoms. The SMILES string of the molecule is C=C(C1CO1)N(CC1CO1)c1ccc(C(c2ccc(N(CC3CO3)CC3CO3)cc2)N(CC2CO2)c2ccc(CC3CO3)c(CC3CO3)c2CC2CO2)cc1. The number of epoxide rings is 8. The lowest BCUT2D eigenvalue weighted by Crippen LogP contribution is -2.35. The van der Waals surface area contributed by atoms with Crippen LogP contribution >= 0.6 is 0 Å². The van der Waals surface area contributed by atoms with Crippen LogP contribution in [0, 0.1) is 0 Å². The molecule has 8 heterocycles. The summed E-state index contributed by atoms with van der Waals surface area (Å²) in [5, 5.41) is 0. The lowest BCUT2D eigenvalue weighted by atomic mass is 9.88. The zero-order chi connectivity index (χ0) is 36.5. The van der Waals surface area contributed by atoms with Crippen LogP contribution in [0.4, 0.5) is 17.1 Å². The Balaban J connectivity index is 0.995. The predicted octanol–water partition coefficient (Wildman–Crippen LogP) is 4.23. The third kappa shape index (κ3) is 8.60. The fourth-order valence-electron chi connectivity index (χ4n) is 8.23. The molecule has 0 aromatic heterocycles. The topological polar surface area (TPSA) is 110 Å². The van der Waals surface area contributed by atoms with Crippen LogP contribution in [-0.4, -0.2) is 128 Å². The van der Waals surface area contributed by atoms with E-state index < -0.39 is 0 Å². The molecule has 55 heavy (non-hydrogen) atoms. The van der Waals surface area contributed by atoms with Crippen LogP contribution in [-0.2, 0) is 57.2 Å². The number of rotatable bonds is 22. The maximum absolute atomic E-state index is 6.02. The van der Waals surface area contributed by atoms with Crippen molar-refractivity contribution < 1.29 is 37.9 Å². The molecule has 0 bridgehead atoms. The van der Waals surface area contributed by atoms with Gasteiger partial charge in [0.05, 0.1) is 108 Å². The minimum absolute atomic E-state index is 0.0732. The Labute approximate surface area is 322 Å². The molecule has 11 nitrogen and oxygen atoms in total. The second-order valence-corrected chi connectivity index (χ2v) is 16.6. The Bertz CT molecular complexity index is 1840. The van der Waals surface area contributed by atoms with Gasteiger partial charge in [0.25, 0.3) is 0 Å². The summed E-state index contributed by atoms with van der Waals surface area (Å²) in [5.74, 6) is 0. The Kier molecular flexibility index (Phi) is 9.12. The predicted molar refractivity (Wildman–Crippen MR) is 206 cm³/mol. The first kappa shape index (κ1) is 34.7. The second kappa shape index (κ2) is 14.5. The van der Waals surface area contributed by atoms with Gasteiger partial charge in [-0.15, -0.1) is 0 Å². The van der Waals surface area contributed by atoms with Gasteiger partial charge in [-0.3, -0.25) is 0 Å². The van der Waals surface area contributed by atoms with Crippen molar-refractivity contribution in [1.82, 2.24) is 0 Å². The largest absolute Gasteiger partial charge is 0.373 e. The van der Waals surface area contributed by atoms with Crippen molar-refractivity contribution in [2.75, 3.05) is 93.7 Å². The lowest BCUT2D eigenvalue weighted by molar-refractivity contribution is 0.389. The Morgan fingerprint density at radius 3 is 1.51 bits per heavy atom. The van der Waals surface area contributed by atoms with E-state index in [0.717, 1.165) is 110 Å². The third-order valence-electron chi connectivity index (χ3n) is 12.0. The molecule has 8 fully saturated rings. The zero-order valence-corrected chi connectivity index (χ0v) is 31.4. The fraction of sp³-hybridized carbons (Fsp3) is 0.545. The molecule has 0 N–H and O–H groups in total. The number of anilines is 3. The molecule has 8 saturated heterocycles. The zero-order valence-electron chi connectivity index (χ0n) is 31.4. The summed E-state index contributed by atoms with van der Waals surface area (Å²) >= 11 is 0. The maximum Gasteiger partial charge on any atom is 0.120 e. The molecule has 0 aliphatic carbocycles. The molecule has 3 aromatic carbocycles. The molecule has 9 atom stereocenters. The standard InChI is InChI=1S/C44H51N3O8/c1-27(43-26-55-43)46(17-38-24-53-38)32-9-4-29(5-10-32)44(28-2-7-31(8-3-28)45(15-36-22-51-36)16-37-23-52-37)47(18-39-25-54-39)42-11-6-30(12-33-19-48-33)40(13-34-20-49-34)41(42)14-35-21-50-35/h2-11,33-39,43-44H,1,12-26H2. The number of hydrogen-bond donors (Lipinski definition) is 0. The molecule has 0 amide bonds. The van der Waals surface area contributed by atoms with Crippen LogP contribution < -0.4 is 14.7 Å². The highest BCUT2D eigenvalue weighted by Crippen LogP contribution is 2.42. The highest BCUT2D eigenvalue weighted by molar-refractivity contribution is 5.64. The van der Waals surface area contributed by atoms with Crippen molar-refractivity contribution in [1.29, 1.82) is 0 Å². The summed E-state index contributed by atoms with van der Waals surface area (Å²) in [6.45, 7) is 14.2. The van der Waals surface area contributed by atoms with Crippen molar-refractivity contribution in [3.63, 3.8) is 0 Å². The van der Waals surface area contributed by atoms with Crippen LogP contribution in [0.5, 0.6) is 0 Å². The quantitative estimate of drug-likeness (QED) is 0.138. The molecule has 11 rings (SSSR count). The normalized spacial score (nSPS) is 30.6. The Morgan fingerprint density at radius 2 is 0.982 bits per heavy atom. The smallest absolute Gasteiger partial charge is 0.120 e. The first-order chi connectivity index (χ1) is 27.1. The van der Waals surface area contributed by atoms with Gasteiger partial charge in [-0.05, 0) is 58.1 Å². The van der Waals surface area contributed by atoms with Gasteiger partial charge in [-0.1, -0.05) is 36.9 Å². The van der Waals surface area contributed by atoms with E-state index >= 15 is 0 Å². The summed E-state index contributed by atoms with van der Waals surface area (Å²) < 4.78 is 46.2. The van der Waals surface area contributed by atoms with E-state index in [9.17, 15) is 0 Å². The molecule has 9 unspecified atom stereocenters. The number of ether oxygens (including phenoxy) is 8. The van der Waals surface area contributed by atoms with Gasteiger partial charge >= 0.3 is 0 Å². The highest BCUT2D eigenvalue weighted by atomic mass is 16.6. The van der Waals surface area contributed by atoms with E-state index in [1.54, 1.807) is 0 Å². The third-order valence-corrected chi connectivity index (χ3v) is 12.0. The molecule has 290 valence electrons. The van der Waals surface area contributed by atoms with E-state index in [2.05, 4.69) is 81.9 Å². The molecule has 8 aliphatic rings. The minimum Gasteiger partial charge on any atom is -0.373 e.